The lowest BCUT2D eigenvalue weighted by molar-refractivity contribution is 0.0893. The van der Waals surface area contributed by atoms with Crippen molar-refractivity contribution >= 4 is 16.7 Å². The van der Waals surface area contributed by atoms with E-state index in [0.717, 1.165) is 17.3 Å². The molecule has 0 aliphatic heterocycles. The SMILES string of the molecule is CCCC(C)(N)C(=O)c1ccc2cccnc2c1. The number of pyridine rings is 1. The minimum absolute atomic E-state index is 0.0168. The summed E-state index contributed by atoms with van der Waals surface area (Å²) in [6.07, 6.45) is 3.31. The van der Waals surface area contributed by atoms with Gasteiger partial charge in [-0.3, -0.25) is 9.78 Å². The van der Waals surface area contributed by atoms with E-state index < -0.39 is 5.54 Å². The van der Waals surface area contributed by atoms with E-state index >= 15 is 0 Å². The van der Waals surface area contributed by atoms with Crippen LogP contribution < -0.4 is 5.73 Å². The lowest BCUT2D eigenvalue weighted by atomic mass is 9.88. The van der Waals surface area contributed by atoms with E-state index in [0.29, 0.717) is 12.0 Å². The van der Waals surface area contributed by atoms with Gasteiger partial charge in [0, 0.05) is 17.1 Å². The van der Waals surface area contributed by atoms with Gasteiger partial charge in [-0.15, -0.1) is 0 Å². The van der Waals surface area contributed by atoms with Gasteiger partial charge in [0.1, 0.15) is 0 Å². The molecule has 1 heterocycles. The zero-order valence-electron chi connectivity index (χ0n) is 10.8. The standard InChI is InChI=1S/C15H18N2O/c1-3-8-15(2,16)14(18)12-7-6-11-5-4-9-17-13(11)10-12/h4-7,9-10H,3,8,16H2,1-2H3. The fraction of sp³-hybridized carbons (Fsp3) is 0.333. The van der Waals surface area contributed by atoms with Gasteiger partial charge < -0.3 is 5.73 Å². The number of Topliss-reactive ketones (excluding diaryl/α,β-unsaturated/α-hetero) is 1. The third kappa shape index (κ3) is 2.41. The Morgan fingerprint density at radius 2 is 2.17 bits per heavy atom. The second kappa shape index (κ2) is 4.86. The Balaban J connectivity index is 2.39. The number of ketones is 1. The fourth-order valence-corrected chi connectivity index (χ4v) is 2.17. The second-order valence-electron chi connectivity index (χ2n) is 4.91. The normalized spacial score (nSPS) is 14.4. The first-order valence-corrected chi connectivity index (χ1v) is 6.23. The molecule has 0 aliphatic carbocycles. The van der Waals surface area contributed by atoms with Gasteiger partial charge in [0.15, 0.2) is 5.78 Å². The summed E-state index contributed by atoms with van der Waals surface area (Å²) in [5, 5.41) is 1.03. The highest BCUT2D eigenvalue weighted by Gasteiger charge is 2.28. The van der Waals surface area contributed by atoms with Gasteiger partial charge in [-0.2, -0.15) is 0 Å². The summed E-state index contributed by atoms with van der Waals surface area (Å²) in [6.45, 7) is 3.82. The van der Waals surface area contributed by atoms with Gasteiger partial charge in [0.25, 0.3) is 0 Å². The molecule has 18 heavy (non-hydrogen) atoms. The smallest absolute Gasteiger partial charge is 0.182 e. The summed E-state index contributed by atoms with van der Waals surface area (Å²) in [5.41, 5.74) is 6.75. The maximum Gasteiger partial charge on any atom is 0.182 e. The number of benzene rings is 1. The number of fused-ring (bicyclic) bond motifs is 1. The van der Waals surface area contributed by atoms with Crippen molar-refractivity contribution < 1.29 is 4.79 Å². The molecule has 0 bridgehead atoms. The van der Waals surface area contributed by atoms with E-state index in [2.05, 4.69) is 4.98 Å². The number of hydrogen-bond donors (Lipinski definition) is 1. The molecule has 2 rings (SSSR count). The van der Waals surface area contributed by atoms with Crippen LogP contribution in [0, 0.1) is 0 Å². The van der Waals surface area contributed by atoms with Crippen LogP contribution in [-0.4, -0.2) is 16.3 Å². The summed E-state index contributed by atoms with van der Waals surface area (Å²) >= 11 is 0. The first-order valence-electron chi connectivity index (χ1n) is 6.23. The first kappa shape index (κ1) is 12.7. The zero-order chi connectivity index (χ0) is 13.2. The van der Waals surface area contributed by atoms with Crippen LogP contribution in [0.15, 0.2) is 36.5 Å². The van der Waals surface area contributed by atoms with Crippen LogP contribution in [0.25, 0.3) is 10.9 Å². The number of rotatable bonds is 4. The average molecular weight is 242 g/mol. The molecule has 94 valence electrons. The van der Waals surface area contributed by atoms with Crippen LogP contribution in [0.3, 0.4) is 0 Å². The molecule has 3 nitrogen and oxygen atoms in total. The van der Waals surface area contributed by atoms with E-state index in [4.69, 9.17) is 5.73 Å². The molecule has 0 fully saturated rings. The number of aromatic nitrogens is 1. The number of carbonyl (C=O) groups is 1. The molecular weight excluding hydrogens is 224 g/mol. The summed E-state index contributed by atoms with van der Waals surface area (Å²) in [6, 6.07) is 9.42. The largest absolute Gasteiger partial charge is 0.319 e. The Kier molecular flexibility index (Phi) is 3.43. The lowest BCUT2D eigenvalue weighted by Gasteiger charge is -2.22. The van der Waals surface area contributed by atoms with E-state index in [1.165, 1.54) is 0 Å². The molecule has 0 saturated carbocycles. The van der Waals surface area contributed by atoms with Crippen LogP contribution in [0.1, 0.15) is 37.0 Å². The second-order valence-corrected chi connectivity index (χ2v) is 4.91. The molecule has 1 unspecified atom stereocenters. The predicted molar refractivity (Wildman–Crippen MR) is 73.6 cm³/mol. The van der Waals surface area contributed by atoms with Gasteiger partial charge in [0.2, 0.25) is 0 Å². The highest BCUT2D eigenvalue weighted by molar-refractivity contribution is 6.04. The van der Waals surface area contributed by atoms with E-state index in [1.807, 2.05) is 37.3 Å². The van der Waals surface area contributed by atoms with Crippen molar-refractivity contribution in [1.29, 1.82) is 0 Å². The molecule has 1 atom stereocenters. The maximum absolute atomic E-state index is 12.3. The Morgan fingerprint density at radius 1 is 1.39 bits per heavy atom. The molecule has 1 aromatic carbocycles. The van der Waals surface area contributed by atoms with Crippen molar-refractivity contribution in [3.8, 4) is 0 Å². The van der Waals surface area contributed by atoms with Gasteiger partial charge in [-0.25, -0.2) is 0 Å². The molecule has 0 radical (unpaired) electrons. The van der Waals surface area contributed by atoms with Gasteiger partial charge in [0.05, 0.1) is 11.1 Å². The van der Waals surface area contributed by atoms with Crippen molar-refractivity contribution in [2.24, 2.45) is 5.73 Å². The third-order valence-corrected chi connectivity index (χ3v) is 3.16. The Labute approximate surface area is 107 Å². The van der Waals surface area contributed by atoms with Crippen LogP contribution in [0.5, 0.6) is 0 Å². The number of hydrogen-bond acceptors (Lipinski definition) is 3. The molecule has 0 spiro atoms. The van der Waals surface area contributed by atoms with E-state index in [1.54, 1.807) is 13.1 Å². The summed E-state index contributed by atoms with van der Waals surface area (Å²) in [5.74, 6) is -0.0168. The fourth-order valence-electron chi connectivity index (χ4n) is 2.17. The van der Waals surface area contributed by atoms with Crippen molar-refractivity contribution in [3.05, 3.63) is 42.1 Å². The maximum atomic E-state index is 12.3. The van der Waals surface area contributed by atoms with Crippen molar-refractivity contribution in [3.63, 3.8) is 0 Å². The average Bonchev–Trinajstić information content (AvgIpc) is 2.37. The molecule has 0 aliphatic rings. The minimum Gasteiger partial charge on any atom is -0.319 e. The van der Waals surface area contributed by atoms with Gasteiger partial charge >= 0.3 is 0 Å². The van der Waals surface area contributed by atoms with Crippen LogP contribution in [0.2, 0.25) is 0 Å². The van der Waals surface area contributed by atoms with E-state index in [-0.39, 0.29) is 5.78 Å². The van der Waals surface area contributed by atoms with Crippen LogP contribution in [-0.2, 0) is 0 Å². The molecule has 3 heteroatoms. The van der Waals surface area contributed by atoms with Crippen molar-refractivity contribution in [2.45, 2.75) is 32.2 Å². The topological polar surface area (TPSA) is 56.0 Å². The van der Waals surface area contributed by atoms with Crippen molar-refractivity contribution in [1.82, 2.24) is 4.98 Å². The zero-order valence-corrected chi connectivity index (χ0v) is 10.8. The Bertz CT molecular complexity index is 575. The van der Waals surface area contributed by atoms with Crippen LogP contribution >= 0.6 is 0 Å². The molecular formula is C15H18N2O. The molecule has 2 N–H and O–H groups in total. The van der Waals surface area contributed by atoms with Crippen molar-refractivity contribution in [2.75, 3.05) is 0 Å². The summed E-state index contributed by atoms with van der Waals surface area (Å²) < 4.78 is 0. The summed E-state index contributed by atoms with van der Waals surface area (Å²) in [7, 11) is 0. The number of carbonyl (C=O) groups excluding carboxylic acids is 1. The molecule has 1 aromatic heterocycles. The summed E-state index contributed by atoms with van der Waals surface area (Å²) in [4.78, 5) is 16.6. The van der Waals surface area contributed by atoms with Gasteiger partial charge in [-0.1, -0.05) is 31.5 Å². The molecule has 0 saturated heterocycles. The number of nitrogens with zero attached hydrogens (tertiary/aromatic N) is 1. The van der Waals surface area contributed by atoms with Crippen LogP contribution in [0.4, 0.5) is 0 Å². The minimum atomic E-state index is -0.794. The van der Waals surface area contributed by atoms with Gasteiger partial charge in [-0.05, 0) is 25.5 Å². The predicted octanol–water partition coefficient (Wildman–Crippen LogP) is 2.94. The lowest BCUT2D eigenvalue weighted by Crippen LogP contribution is -2.44. The first-order chi connectivity index (χ1) is 8.54. The molecule has 0 amide bonds. The highest BCUT2D eigenvalue weighted by Crippen LogP contribution is 2.19. The highest BCUT2D eigenvalue weighted by atomic mass is 16.1. The Hall–Kier alpha value is -1.74. The monoisotopic (exact) mass is 242 g/mol. The Morgan fingerprint density at radius 3 is 2.89 bits per heavy atom. The van der Waals surface area contributed by atoms with E-state index in [9.17, 15) is 4.79 Å². The molecule has 2 aromatic rings. The quantitative estimate of drug-likeness (QED) is 0.839. The number of nitrogens with two attached hydrogens (primary N) is 1. The third-order valence-electron chi connectivity index (χ3n) is 3.16.